The van der Waals surface area contributed by atoms with E-state index >= 15 is 0 Å². The van der Waals surface area contributed by atoms with Crippen molar-refractivity contribution in [1.29, 1.82) is 0 Å². The lowest BCUT2D eigenvalue weighted by atomic mass is 10.1. The number of halogens is 1. The number of aliphatic hydroxyl groups excluding tert-OH is 1. The van der Waals surface area contributed by atoms with Crippen LogP contribution in [0.25, 0.3) is 11.3 Å². The monoisotopic (exact) mass is 266 g/mol. The Morgan fingerprint density at radius 2 is 2.27 bits per heavy atom. The third-order valence-corrected chi connectivity index (χ3v) is 2.76. The van der Waals surface area contributed by atoms with E-state index in [1.54, 1.807) is 6.20 Å². The topological polar surface area (TPSA) is 48.9 Å². The summed E-state index contributed by atoms with van der Waals surface area (Å²) in [5.74, 6) is 0.587. The van der Waals surface area contributed by atoms with Gasteiger partial charge in [-0.2, -0.15) is 0 Å². The van der Waals surface area contributed by atoms with Gasteiger partial charge in [0.25, 0.3) is 0 Å². The van der Waals surface area contributed by atoms with E-state index in [4.69, 9.17) is 5.11 Å². The molecule has 0 unspecified atom stereocenters. The Kier molecular flexibility index (Phi) is 2.88. The summed E-state index contributed by atoms with van der Waals surface area (Å²) in [5.41, 5.74) is 3.20. The van der Waals surface area contributed by atoms with Crippen LogP contribution in [0.5, 0.6) is 0 Å². The lowest BCUT2D eigenvalue weighted by Gasteiger charge is -2.03. The standard InChI is InChI=1S/C11H11BrN2O/c1-7-2-3-8(12)4-9(7)10-5-13-11(6-15)14-10/h2-5,15H,6H2,1H3,(H,13,14). The summed E-state index contributed by atoms with van der Waals surface area (Å²) in [4.78, 5) is 7.13. The van der Waals surface area contributed by atoms with Crippen molar-refractivity contribution in [3.05, 3.63) is 40.3 Å². The number of imidazole rings is 1. The van der Waals surface area contributed by atoms with Crippen LogP contribution in [0.3, 0.4) is 0 Å². The van der Waals surface area contributed by atoms with Crippen LogP contribution >= 0.6 is 15.9 Å². The number of aliphatic hydroxyl groups is 1. The second-order valence-electron chi connectivity index (χ2n) is 3.36. The highest BCUT2D eigenvalue weighted by molar-refractivity contribution is 9.10. The number of nitrogens with one attached hydrogen (secondary N) is 1. The molecular formula is C11H11BrN2O. The molecule has 0 aliphatic rings. The van der Waals surface area contributed by atoms with Crippen LogP contribution in [-0.4, -0.2) is 15.1 Å². The van der Waals surface area contributed by atoms with E-state index < -0.39 is 0 Å². The summed E-state index contributed by atoms with van der Waals surface area (Å²) in [6.07, 6.45) is 1.74. The molecule has 1 heterocycles. The molecule has 0 saturated carbocycles. The van der Waals surface area contributed by atoms with Crippen LogP contribution < -0.4 is 0 Å². The van der Waals surface area contributed by atoms with Crippen molar-refractivity contribution >= 4 is 15.9 Å². The summed E-state index contributed by atoms with van der Waals surface area (Å²) < 4.78 is 1.03. The first-order valence-corrected chi connectivity index (χ1v) is 5.41. The highest BCUT2D eigenvalue weighted by atomic mass is 79.9. The Balaban J connectivity index is 2.48. The van der Waals surface area contributed by atoms with Crippen LogP contribution in [0.1, 0.15) is 11.4 Å². The summed E-state index contributed by atoms with van der Waals surface area (Å²) in [7, 11) is 0. The van der Waals surface area contributed by atoms with E-state index in [-0.39, 0.29) is 6.61 Å². The van der Waals surface area contributed by atoms with Crippen molar-refractivity contribution in [3.63, 3.8) is 0 Å². The molecule has 0 atom stereocenters. The van der Waals surface area contributed by atoms with Crippen LogP contribution in [0, 0.1) is 6.92 Å². The summed E-state index contributed by atoms with van der Waals surface area (Å²) in [6, 6.07) is 6.07. The largest absolute Gasteiger partial charge is 0.388 e. The maximum atomic E-state index is 8.92. The molecule has 1 aromatic heterocycles. The minimum absolute atomic E-state index is 0.0624. The van der Waals surface area contributed by atoms with E-state index in [2.05, 4.69) is 25.9 Å². The Hall–Kier alpha value is -1.13. The second-order valence-corrected chi connectivity index (χ2v) is 4.28. The highest BCUT2D eigenvalue weighted by Crippen LogP contribution is 2.25. The van der Waals surface area contributed by atoms with Crippen LogP contribution in [0.4, 0.5) is 0 Å². The highest BCUT2D eigenvalue weighted by Gasteiger charge is 2.05. The third kappa shape index (κ3) is 2.11. The van der Waals surface area contributed by atoms with Crippen LogP contribution in [0.2, 0.25) is 0 Å². The molecule has 78 valence electrons. The molecule has 2 rings (SSSR count). The van der Waals surface area contributed by atoms with E-state index in [1.807, 2.05) is 25.1 Å². The molecule has 0 radical (unpaired) electrons. The lowest BCUT2D eigenvalue weighted by Crippen LogP contribution is -1.86. The van der Waals surface area contributed by atoms with Gasteiger partial charge in [-0.25, -0.2) is 4.98 Å². The van der Waals surface area contributed by atoms with E-state index in [0.717, 1.165) is 15.7 Å². The fraction of sp³-hybridized carbons (Fsp3) is 0.182. The van der Waals surface area contributed by atoms with Crippen LogP contribution in [-0.2, 0) is 6.61 Å². The number of hydrogen-bond acceptors (Lipinski definition) is 2. The molecule has 1 aromatic carbocycles. The Bertz CT molecular complexity index is 479. The van der Waals surface area contributed by atoms with E-state index in [1.165, 1.54) is 5.56 Å². The van der Waals surface area contributed by atoms with Crippen molar-refractivity contribution < 1.29 is 5.11 Å². The average molecular weight is 267 g/mol. The number of aromatic amines is 1. The number of nitrogens with zero attached hydrogens (tertiary/aromatic N) is 1. The second kappa shape index (κ2) is 4.16. The van der Waals surface area contributed by atoms with Crippen LogP contribution in [0.15, 0.2) is 28.9 Å². The van der Waals surface area contributed by atoms with Gasteiger partial charge < -0.3 is 10.1 Å². The zero-order valence-electron chi connectivity index (χ0n) is 8.29. The van der Waals surface area contributed by atoms with Crippen molar-refractivity contribution in [2.75, 3.05) is 0 Å². The number of rotatable bonds is 2. The molecule has 0 bridgehead atoms. The van der Waals surface area contributed by atoms with E-state index in [9.17, 15) is 0 Å². The first kappa shape index (κ1) is 10.4. The first-order chi connectivity index (χ1) is 7.20. The molecule has 2 aromatic rings. The van der Waals surface area contributed by atoms with Crippen molar-refractivity contribution in [3.8, 4) is 11.3 Å². The number of benzene rings is 1. The predicted molar refractivity (Wildman–Crippen MR) is 62.4 cm³/mol. The van der Waals surface area contributed by atoms with Gasteiger partial charge in [0.15, 0.2) is 0 Å². The minimum Gasteiger partial charge on any atom is -0.388 e. The normalized spacial score (nSPS) is 10.6. The van der Waals surface area contributed by atoms with Gasteiger partial charge in [0.1, 0.15) is 12.4 Å². The predicted octanol–water partition coefficient (Wildman–Crippen LogP) is 2.64. The van der Waals surface area contributed by atoms with Gasteiger partial charge in [0.05, 0.1) is 11.9 Å². The van der Waals surface area contributed by atoms with Gasteiger partial charge in [-0.05, 0) is 24.6 Å². The molecule has 0 amide bonds. The smallest absolute Gasteiger partial charge is 0.132 e. The van der Waals surface area contributed by atoms with Gasteiger partial charge in [-0.3, -0.25) is 0 Å². The maximum absolute atomic E-state index is 8.92. The Labute approximate surface area is 96.3 Å². The molecule has 0 aliphatic carbocycles. The van der Waals surface area contributed by atoms with Crippen molar-refractivity contribution in [2.24, 2.45) is 0 Å². The average Bonchev–Trinajstić information content (AvgIpc) is 2.70. The van der Waals surface area contributed by atoms with Crippen molar-refractivity contribution in [1.82, 2.24) is 9.97 Å². The Morgan fingerprint density at radius 3 is 2.93 bits per heavy atom. The van der Waals surface area contributed by atoms with Crippen molar-refractivity contribution in [2.45, 2.75) is 13.5 Å². The van der Waals surface area contributed by atoms with Gasteiger partial charge in [-0.15, -0.1) is 0 Å². The molecule has 15 heavy (non-hydrogen) atoms. The minimum atomic E-state index is -0.0624. The Morgan fingerprint density at radius 1 is 1.47 bits per heavy atom. The van der Waals surface area contributed by atoms with E-state index in [0.29, 0.717) is 5.82 Å². The summed E-state index contributed by atoms with van der Waals surface area (Å²) >= 11 is 3.43. The fourth-order valence-electron chi connectivity index (χ4n) is 1.46. The first-order valence-electron chi connectivity index (χ1n) is 4.62. The zero-order valence-corrected chi connectivity index (χ0v) is 9.87. The SMILES string of the molecule is Cc1ccc(Br)cc1-c1cnc(CO)[nH]1. The van der Waals surface area contributed by atoms with Gasteiger partial charge >= 0.3 is 0 Å². The molecule has 3 nitrogen and oxygen atoms in total. The number of hydrogen-bond donors (Lipinski definition) is 2. The molecule has 0 fully saturated rings. The maximum Gasteiger partial charge on any atom is 0.132 e. The summed E-state index contributed by atoms with van der Waals surface area (Å²) in [5, 5.41) is 8.92. The van der Waals surface area contributed by atoms with Gasteiger partial charge in [-0.1, -0.05) is 22.0 Å². The fourth-order valence-corrected chi connectivity index (χ4v) is 1.83. The number of H-pyrrole nitrogens is 1. The molecule has 0 saturated heterocycles. The number of aryl methyl sites for hydroxylation is 1. The summed E-state index contributed by atoms with van der Waals surface area (Å²) in [6.45, 7) is 1.98. The zero-order chi connectivity index (χ0) is 10.8. The molecule has 2 N–H and O–H groups in total. The number of aromatic nitrogens is 2. The third-order valence-electron chi connectivity index (χ3n) is 2.27. The lowest BCUT2D eigenvalue weighted by molar-refractivity contribution is 0.272. The molecular weight excluding hydrogens is 256 g/mol. The molecule has 4 heteroatoms. The van der Waals surface area contributed by atoms with Gasteiger partial charge in [0.2, 0.25) is 0 Å². The quantitative estimate of drug-likeness (QED) is 0.878. The van der Waals surface area contributed by atoms with Gasteiger partial charge in [0, 0.05) is 10.0 Å². The molecule has 0 aliphatic heterocycles. The molecule has 0 spiro atoms.